The van der Waals surface area contributed by atoms with Crippen LogP contribution in [0.25, 0.3) is 10.9 Å². The van der Waals surface area contributed by atoms with Gasteiger partial charge in [-0.3, -0.25) is 14.6 Å². The molecule has 136 valence electrons. The van der Waals surface area contributed by atoms with Crippen LogP contribution in [0.2, 0.25) is 0 Å². The molecule has 0 aliphatic carbocycles. The summed E-state index contributed by atoms with van der Waals surface area (Å²) in [4.78, 5) is 34.2. The Bertz CT molecular complexity index is 1080. The second-order valence-electron chi connectivity index (χ2n) is 7.12. The van der Waals surface area contributed by atoms with Crippen LogP contribution in [-0.4, -0.2) is 46.5 Å². The van der Waals surface area contributed by atoms with Crippen molar-refractivity contribution in [2.75, 3.05) is 31.1 Å². The molecule has 2 aliphatic heterocycles. The number of hydrogen-bond donors (Lipinski definition) is 0. The summed E-state index contributed by atoms with van der Waals surface area (Å²) >= 11 is 0. The highest BCUT2D eigenvalue weighted by Gasteiger charge is 2.26. The van der Waals surface area contributed by atoms with Gasteiger partial charge in [-0.25, -0.2) is 0 Å². The number of rotatable bonds is 2. The Hall–Kier alpha value is -3.15. The molecule has 1 fully saturated rings. The number of piperazine rings is 1. The van der Waals surface area contributed by atoms with Crippen molar-refractivity contribution in [1.29, 1.82) is 0 Å². The Balaban J connectivity index is 1.41. The molecule has 2 aliphatic rings. The maximum Gasteiger partial charge on any atom is 0.259 e. The van der Waals surface area contributed by atoms with Crippen LogP contribution in [0, 0.1) is 0 Å². The Kier molecular flexibility index (Phi) is 3.70. The first kappa shape index (κ1) is 16.1. The van der Waals surface area contributed by atoms with Gasteiger partial charge in [0, 0.05) is 50.5 Å². The molecule has 0 spiro atoms. The predicted molar refractivity (Wildman–Crippen MR) is 104 cm³/mol. The van der Waals surface area contributed by atoms with Gasteiger partial charge in [-0.05, 0) is 30.2 Å². The molecule has 0 saturated carbocycles. The van der Waals surface area contributed by atoms with E-state index in [1.165, 1.54) is 5.56 Å². The van der Waals surface area contributed by atoms with Crippen molar-refractivity contribution < 1.29 is 4.79 Å². The van der Waals surface area contributed by atoms with E-state index in [0.29, 0.717) is 18.5 Å². The summed E-state index contributed by atoms with van der Waals surface area (Å²) in [5, 5.41) is 0.657. The Morgan fingerprint density at radius 2 is 1.85 bits per heavy atom. The largest absolute Gasteiger partial charge is 0.367 e. The van der Waals surface area contributed by atoms with Crippen LogP contribution in [0.4, 0.5) is 5.69 Å². The lowest BCUT2D eigenvalue weighted by Gasteiger charge is -2.35. The first-order chi connectivity index (χ1) is 13.2. The first-order valence-corrected chi connectivity index (χ1v) is 9.32. The molecule has 0 N–H and O–H groups in total. The van der Waals surface area contributed by atoms with Crippen molar-refractivity contribution in [1.82, 2.24) is 14.5 Å². The van der Waals surface area contributed by atoms with Gasteiger partial charge in [0.2, 0.25) is 5.43 Å². The van der Waals surface area contributed by atoms with Crippen molar-refractivity contribution in [2.45, 2.75) is 13.0 Å². The Labute approximate surface area is 156 Å². The van der Waals surface area contributed by atoms with Crippen LogP contribution in [0.15, 0.2) is 53.7 Å². The summed E-state index contributed by atoms with van der Waals surface area (Å²) in [7, 11) is 0. The average Bonchev–Trinajstić information content (AvgIpc) is 3.15. The molecular formula is C21H20N4O2. The lowest BCUT2D eigenvalue weighted by molar-refractivity contribution is 0.0745. The molecule has 1 amide bonds. The van der Waals surface area contributed by atoms with Crippen molar-refractivity contribution in [2.24, 2.45) is 0 Å². The zero-order chi connectivity index (χ0) is 18.4. The fourth-order valence-corrected chi connectivity index (χ4v) is 4.19. The van der Waals surface area contributed by atoms with E-state index >= 15 is 0 Å². The standard InChI is InChI=1S/C21H20N4O2/c26-20-17-5-1-3-15-6-8-25(19(15)17)14-18(20)21(27)24-11-9-23(10-12-24)16-4-2-7-22-13-16/h1-5,7,13-14H,6,8-12H2. The van der Waals surface area contributed by atoms with E-state index in [1.54, 1.807) is 17.3 Å². The van der Waals surface area contributed by atoms with Crippen LogP contribution in [0.1, 0.15) is 15.9 Å². The molecule has 27 heavy (non-hydrogen) atoms. The van der Waals surface area contributed by atoms with Gasteiger partial charge in [-0.2, -0.15) is 0 Å². The molecule has 0 atom stereocenters. The Morgan fingerprint density at radius 3 is 2.63 bits per heavy atom. The topological polar surface area (TPSA) is 58.4 Å². The zero-order valence-electron chi connectivity index (χ0n) is 15.0. The van der Waals surface area contributed by atoms with E-state index in [2.05, 4.69) is 20.5 Å². The van der Waals surface area contributed by atoms with Crippen LogP contribution < -0.4 is 10.3 Å². The lowest BCUT2D eigenvalue weighted by atomic mass is 10.1. The molecule has 0 unspecified atom stereocenters. The van der Waals surface area contributed by atoms with Gasteiger partial charge in [0.05, 0.1) is 17.4 Å². The molecule has 6 heteroatoms. The summed E-state index contributed by atoms with van der Waals surface area (Å²) in [6.45, 7) is 3.51. The molecule has 1 aromatic carbocycles. The third-order valence-corrected chi connectivity index (χ3v) is 5.61. The number of hydrogen-bond acceptors (Lipinski definition) is 4. The number of carbonyl (C=O) groups is 1. The molecule has 6 nitrogen and oxygen atoms in total. The number of pyridine rings is 2. The number of nitrogens with zero attached hydrogens (tertiary/aromatic N) is 4. The number of amides is 1. The summed E-state index contributed by atoms with van der Waals surface area (Å²) in [6, 6.07) is 9.75. The lowest BCUT2D eigenvalue weighted by Crippen LogP contribution is -2.49. The minimum atomic E-state index is -0.159. The predicted octanol–water partition coefficient (Wildman–Crippen LogP) is 1.91. The van der Waals surface area contributed by atoms with E-state index in [4.69, 9.17) is 0 Å². The molecular weight excluding hydrogens is 340 g/mol. The highest BCUT2D eigenvalue weighted by molar-refractivity contribution is 5.98. The van der Waals surface area contributed by atoms with Gasteiger partial charge in [0.15, 0.2) is 0 Å². The monoisotopic (exact) mass is 360 g/mol. The summed E-state index contributed by atoms with van der Waals surface area (Å²) in [5.74, 6) is -0.159. The fourth-order valence-electron chi connectivity index (χ4n) is 4.19. The third kappa shape index (κ3) is 2.60. The molecule has 2 aromatic heterocycles. The summed E-state index contributed by atoms with van der Waals surface area (Å²) in [6.07, 6.45) is 6.27. The van der Waals surface area contributed by atoms with Crippen LogP contribution in [0.3, 0.4) is 0 Å². The SMILES string of the molecule is O=C(c1cn2c3c(cccc3c1=O)CC2)N1CCN(c2cccnc2)CC1. The fraction of sp³-hybridized carbons (Fsp3) is 0.286. The van der Waals surface area contributed by atoms with E-state index in [1.807, 2.05) is 30.5 Å². The normalized spacial score (nSPS) is 16.1. The van der Waals surface area contributed by atoms with Gasteiger partial charge in [-0.15, -0.1) is 0 Å². The van der Waals surface area contributed by atoms with Gasteiger partial charge in [0.25, 0.3) is 5.91 Å². The van der Waals surface area contributed by atoms with Crippen LogP contribution in [-0.2, 0) is 13.0 Å². The number of aromatic nitrogens is 2. The second-order valence-corrected chi connectivity index (χ2v) is 7.12. The molecule has 3 aromatic rings. The average molecular weight is 360 g/mol. The van der Waals surface area contributed by atoms with E-state index in [9.17, 15) is 9.59 Å². The number of anilines is 1. The number of aryl methyl sites for hydroxylation is 2. The molecule has 0 bridgehead atoms. The second kappa shape index (κ2) is 6.23. The number of para-hydroxylation sites is 1. The molecule has 4 heterocycles. The maximum atomic E-state index is 13.1. The van der Waals surface area contributed by atoms with Crippen molar-refractivity contribution in [3.8, 4) is 0 Å². The van der Waals surface area contributed by atoms with E-state index in [0.717, 1.165) is 37.3 Å². The Morgan fingerprint density at radius 1 is 1.00 bits per heavy atom. The summed E-state index contributed by atoms with van der Waals surface area (Å²) in [5.41, 5.74) is 3.38. The highest BCUT2D eigenvalue weighted by Crippen LogP contribution is 2.24. The zero-order valence-corrected chi connectivity index (χ0v) is 15.0. The van der Waals surface area contributed by atoms with Gasteiger partial charge < -0.3 is 14.4 Å². The van der Waals surface area contributed by atoms with E-state index in [-0.39, 0.29) is 16.9 Å². The van der Waals surface area contributed by atoms with E-state index < -0.39 is 0 Å². The first-order valence-electron chi connectivity index (χ1n) is 9.32. The number of carbonyl (C=O) groups excluding carboxylic acids is 1. The van der Waals surface area contributed by atoms with Crippen molar-refractivity contribution in [3.05, 3.63) is 70.3 Å². The van der Waals surface area contributed by atoms with Gasteiger partial charge in [0.1, 0.15) is 5.56 Å². The van der Waals surface area contributed by atoms with Crippen molar-refractivity contribution in [3.63, 3.8) is 0 Å². The molecule has 1 saturated heterocycles. The maximum absolute atomic E-state index is 13.1. The molecule has 0 radical (unpaired) electrons. The molecule has 5 rings (SSSR count). The van der Waals surface area contributed by atoms with Gasteiger partial charge >= 0.3 is 0 Å². The summed E-state index contributed by atoms with van der Waals surface area (Å²) < 4.78 is 2.06. The van der Waals surface area contributed by atoms with Crippen LogP contribution in [0.5, 0.6) is 0 Å². The third-order valence-electron chi connectivity index (χ3n) is 5.61. The number of benzene rings is 1. The minimum absolute atomic E-state index is 0.148. The highest BCUT2D eigenvalue weighted by atomic mass is 16.2. The minimum Gasteiger partial charge on any atom is -0.367 e. The van der Waals surface area contributed by atoms with Crippen molar-refractivity contribution >= 4 is 22.5 Å². The smallest absolute Gasteiger partial charge is 0.259 e. The van der Waals surface area contributed by atoms with Gasteiger partial charge in [-0.1, -0.05) is 12.1 Å². The van der Waals surface area contributed by atoms with Crippen LogP contribution >= 0.6 is 0 Å². The quantitative estimate of drug-likeness (QED) is 0.701.